The molecule has 0 saturated carbocycles. The van der Waals surface area contributed by atoms with Crippen LogP contribution in [0.25, 0.3) is 0 Å². The highest BCUT2D eigenvalue weighted by molar-refractivity contribution is 7.97. The molecule has 0 radical (unpaired) electrons. The first kappa shape index (κ1) is 29.8. The third-order valence-electron chi connectivity index (χ3n) is 8.90. The lowest BCUT2D eigenvalue weighted by Crippen LogP contribution is -2.38. The molecular weight excluding hydrogens is 558 g/mol. The fourth-order valence-corrected chi connectivity index (χ4v) is 17.0. The summed E-state index contributed by atoms with van der Waals surface area (Å²) < 4.78 is 2.90. The van der Waals surface area contributed by atoms with Crippen LogP contribution in [0.1, 0.15) is 42.3 Å². The highest BCUT2D eigenvalue weighted by Crippen LogP contribution is 2.90. The van der Waals surface area contributed by atoms with Crippen LogP contribution in [0.5, 0.6) is 0 Å². The number of nitrogens with zero attached hydrogens (tertiary/aromatic N) is 2. The van der Waals surface area contributed by atoms with Crippen LogP contribution in [0.4, 0.5) is 5.69 Å². The van der Waals surface area contributed by atoms with Crippen molar-refractivity contribution in [3.05, 3.63) is 176 Å². The molecule has 0 aromatic heterocycles. The number of anilines is 1. The molecule has 43 heavy (non-hydrogen) atoms. The van der Waals surface area contributed by atoms with Crippen molar-refractivity contribution in [2.45, 2.75) is 31.2 Å². The summed E-state index contributed by atoms with van der Waals surface area (Å²) in [4.78, 5) is 2.66. The summed E-state index contributed by atoms with van der Waals surface area (Å²) in [6.07, 6.45) is 2.22. The summed E-state index contributed by atoms with van der Waals surface area (Å²) in [7, 11) is -4.62. The average Bonchev–Trinajstić information content (AvgIpc) is 3.40. The minimum Gasteiger partial charge on any atom is -0.330 e. The zero-order valence-corrected chi connectivity index (χ0v) is 26.9. The molecule has 0 spiro atoms. The van der Waals surface area contributed by atoms with Crippen molar-refractivity contribution in [2.75, 3.05) is 18.0 Å². The van der Waals surface area contributed by atoms with Gasteiger partial charge in [0.05, 0.1) is 31.1 Å². The Morgan fingerprint density at radius 1 is 0.674 bits per heavy atom. The van der Waals surface area contributed by atoms with E-state index in [9.17, 15) is 0 Å². The molecule has 2 nitrogen and oxygen atoms in total. The van der Waals surface area contributed by atoms with E-state index in [-0.39, 0.29) is 11.4 Å². The van der Waals surface area contributed by atoms with Crippen molar-refractivity contribution in [3.8, 4) is 0 Å². The molecule has 5 aromatic rings. The molecule has 0 bridgehead atoms. The van der Waals surface area contributed by atoms with Crippen molar-refractivity contribution in [2.24, 2.45) is 0 Å². The van der Waals surface area contributed by atoms with Crippen LogP contribution < -0.4 is 15.5 Å². The maximum Gasteiger partial charge on any atom is 0.158 e. The lowest BCUT2D eigenvalue weighted by atomic mass is 10.1. The van der Waals surface area contributed by atoms with Crippen LogP contribution in [0.3, 0.4) is 0 Å². The second-order valence-corrected chi connectivity index (χ2v) is 18.2. The van der Waals surface area contributed by atoms with E-state index in [1.54, 1.807) is 0 Å². The molecule has 0 N–H and O–H groups in total. The van der Waals surface area contributed by atoms with Crippen molar-refractivity contribution >= 4 is 31.1 Å². The third-order valence-corrected chi connectivity index (χ3v) is 18.1. The van der Waals surface area contributed by atoms with Gasteiger partial charge in [0, 0.05) is 18.7 Å². The monoisotopic (exact) mass is 600 g/mol. The van der Waals surface area contributed by atoms with Gasteiger partial charge < -0.3 is 4.90 Å². The quantitative estimate of drug-likeness (QED) is 0.116. The molecule has 1 unspecified atom stereocenters. The number of benzene rings is 5. The van der Waals surface area contributed by atoms with Crippen LogP contribution >= 0.6 is 14.8 Å². The average molecular weight is 601 g/mol. The Labute approximate surface area is 260 Å². The standard InChI is InChI=1S/C39H42N2P2/c1-4-5-31-41(42(2,36-27-17-9-18-28-36)37-29-19-10-20-30-37)43(3)38(33-21-11-6-12-22-33)32-40(35-25-15-8-16-26-35)39(43)34-23-13-7-14-24-34/h6-30,38-39H,2-5,31-32H2,1H3/t38-,39+,43?/m0/s1. The Kier molecular flexibility index (Phi) is 9.11. The summed E-state index contributed by atoms with van der Waals surface area (Å²) in [6.45, 7) is 15.0. The molecule has 1 fully saturated rings. The second-order valence-electron chi connectivity index (χ2n) is 11.5. The summed E-state index contributed by atoms with van der Waals surface area (Å²) in [5, 5.41) is 2.63. The smallest absolute Gasteiger partial charge is 0.158 e. The van der Waals surface area contributed by atoms with Gasteiger partial charge in [-0.1, -0.05) is 129 Å². The molecule has 1 aliphatic heterocycles. The van der Waals surface area contributed by atoms with Gasteiger partial charge in [-0.3, -0.25) is 0 Å². The van der Waals surface area contributed by atoms with E-state index in [1.807, 2.05) is 0 Å². The van der Waals surface area contributed by atoms with Gasteiger partial charge in [0.1, 0.15) is 5.66 Å². The van der Waals surface area contributed by atoms with Gasteiger partial charge in [-0.25, -0.2) is 0 Å². The van der Waals surface area contributed by atoms with Crippen molar-refractivity contribution in [3.63, 3.8) is 0 Å². The molecule has 1 saturated heterocycles. The van der Waals surface area contributed by atoms with E-state index in [4.69, 9.17) is 13.3 Å². The molecule has 218 valence electrons. The Balaban J connectivity index is 1.66. The first-order chi connectivity index (χ1) is 21.1. The Morgan fingerprint density at radius 3 is 1.60 bits per heavy atom. The highest BCUT2D eigenvalue weighted by atomic mass is 31.2. The number of unbranched alkanes of at least 4 members (excludes halogenated alkanes) is 1. The first-order valence-electron chi connectivity index (χ1n) is 15.4. The zero-order valence-electron chi connectivity index (χ0n) is 25.1. The summed E-state index contributed by atoms with van der Waals surface area (Å²) in [6, 6.07) is 55.5. The molecule has 3 atom stereocenters. The Morgan fingerprint density at radius 2 is 1.12 bits per heavy atom. The van der Waals surface area contributed by atoms with Gasteiger partial charge in [-0.2, -0.15) is 6.66 Å². The van der Waals surface area contributed by atoms with Crippen LogP contribution in [0, 0.1) is 13.3 Å². The molecule has 4 heteroatoms. The van der Waals surface area contributed by atoms with E-state index < -0.39 is 14.8 Å². The fourth-order valence-electron chi connectivity index (χ4n) is 6.80. The zero-order chi connectivity index (χ0) is 29.7. The predicted molar refractivity (Wildman–Crippen MR) is 190 cm³/mol. The minimum atomic E-state index is -2.32. The van der Waals surface area contributed by atoms with E-state index in [1.165, 1.54) is 27.4 Å². The largest absolute Gasteiger partial charge is 0.330 e. The van der Waals surface area contributed by atoms with Crippen molar-refractivity contribution < 1.29 is 0 Å². The molecule has 0 aliphatic carbocycles. The molecule has 1 aliphatic rings. The number of rotatable bonds is 10. The normalized spacial score (nSPS) is 20.4. The molecule has 1 heterocycles. The van der Waals surface area contributed by atoms with Gasteiger partial charge in [0.15, 0.2) is 5.78 Å². The third kappa shape index (κ3) is 5.58. The van der Waals surface area contributed by atoms with Crippen LogP contribution in [-0.2, 0) is 0 Å². The predicted octanol–water partition coefficient (Wildman–Crippen LogP) is 10.1. The van der Waals surface area contributed by atoms with E-state index >= 15 is 0 Å². The van der Waals surface area contributed by atoms with Gasteiger partial charge in [-0.05, 0) is 48.4 Å². The van der Waals surface area contributed by atoms with E-state index in [2.05, 4.69) is 168 Å². The van der Waals surface area contributed by atoms with Crippen molar-refractivity contribution in [1.82, 2.24) is 4.44 Å². The number of para-hydroxylation sites is 1. The number of hydrogen-bond donors (Lipinski definition) is 0. The maximum absolute atomic E-state index is 5.51. The SMILES string of the molecule is [CH2-][P+](c1ccccc1)(c1ccccc1)N(CCCC)[P+]1([CH2-])[C@H](c2ccccc2)N(c2ccccc2)C[C@H]1c1ccccc1. The van der Waals surface area contributed by atoms with Crippen LogP contribution in [0.2, 0.25) is 0 Å². The van der Waals surface area contributed by atoms with Crippen LogP contribution in [0.15, 0.2) is 152 Å². The lowest BCUT2D eigenvalue weighted by Gasteiger charge is -2.51. The van der Waals surface area contributed by atoms with Gasteiger partial charge in [0.2, 0.25) is 0 Å². The van der Waals surface area contributed by atoms with E-state index in [0.717, 1.165) is 25.9 Å². The first-order valence-corrected chi connectivity index (χ1v) is 19.3. The molecule has 0 amide bonds. The number of hydrogen-bond acceptors (Lipinski definition) is 2. The van der Waals surface area contributed by atoms with Crippen LogP contribution in [-0.4, -0.2) is 17.5 Å². The Hall–Kier alpha value is -3.28. The van der Waals surface area contributed by atoms with Gasteiger partial charge in [0.25, 0.3) is 0 Å². The summed E-state index contributed by atoms with van der Waals surface area (Å²) in [5.41, 5.74) is 4.22. The topological polar surface area (TPSA) is 6.48 Å². The maximum atomic E-state index is 5.51. The van der Waals surface area contributed by atoms with Gasteiger partial charge in [-0.15, -0.1) is 11.1 Å². The summed E-state index contributed by atoms with van der Waals surface area (Å²) >= 11 is 0. The lowest BCUT2D eigenvalue weighted by molar-refractivity contribution is 0.620. The fraction of sp³-hybridized carbons (Fsp3) is 0.179. The molecular formula is C39H42N2P2. The Bertz CT molecular complexity index is 1530. The van der Waals surface area contributed by atoms with Gasteiger partial charge >= 0.3 is 0 Å². The minimum absolute atomic E-state index is 0.117. The highest BCUT2D eigenvalue weighted by Gasteiger charge is 2.63. The molecule has 6 rings (SSSR count). The summed E-state index contributed by atoms with van der Waals surface area (Å²) in [5.74, 6) is 0.117. The molecule has 5 aromatic carbocycles. The van der Waals surface area contributed by atoms with E-state index in [0.29, 0.717) is 0 Å². The van der Waals surface area contributed by atoms with Crippen molar-refractivity contribution in [1.29, 1.82) is 0 Å². The second kappa shape index (κ2) is 13.2.